The summed E-state index contributed by atoms with van der Waals surface area (Å²) < 4.78 is 0. The van der Waals surface area contributed by atoms with Crippen LogP contribution in [0.4, 0.5) is 5.69 Å². The first-order chi connectivity index (χ1) is 7.72. The lowest BCUT2D eigenvalue weighted by Crippen LogP contribution is -2.35. The molecule has 0 aliphatic carbocycles. The number of carbonyl (C=O) groups excluding carboxylic acids is 1. The molecular formula is C13H16BrNO. The minimum Gasteiger partial charge on any atom is -0.312 e. The van der Waals surface area contributed by atoms with Crippen LogP contribution < -0.4 is 4.90 Å². The van der Waals surface area contributed by atoms with E-state index in [2.05, 4.69) is 41.1 Å². The molecule has 0 fully saturated rings. The SMILES string of the molecule is Cc1ccc2c(c1)CCCN2C(=O)CCBr. The summed E-state index contributed by atoms with van der Waals surface area (Å²) >= 11 is 3.32. The van der Waals surface area contributed by atoms with Gasteiger partial charge in [0.1, 0.15) is 0 Å². The van der Waals surface area contributed by atoms with Crippen LogP contribution in [0.5, 0.6) is 0 Å². The van der Waals surface area contributed by atoms with Gasteiger partial charge in [-0.2, -0.15) is 0 Å². The van der Waals surface area contributed by atoms with Crippen LogP contribution in [0.25, 0.3) is 0 Å². The summed E-state index contributed by atoms with van der Waals surface area (Å²) in [5.74, 6) is 0.224. The fourth-order valence-corrected chi connectivity index (χ4v) is 2.54. The number of nitrogens with zero attached hydrogens (tertiary/aromatic N) is 1. The number of aryl methyl sites for hydroxylation is 2. The number of anilines is 1. The zero-order chi connectivity index (χ0) is 11.5. The molecule has 1 aromatic carbocycles. The largest absolute Gasteiger partial charge is 0.312 e. The maximum Gasteiger partial charge on any atom is 0.227 e. The molecule has 1 amide bonds. The van der Waals surface area contributed by atoms with E-state index in [-0.39, 0.29) is 5.91 Å². The van der Waals surface area contributed by atoms with Gasteiger partial charge >= 0.3 is 0 Å². The van der Waals surface area contributed by atoms with Crippen molar-refractivity contribution in [3.05, 3.63) is 29.3 Å². The lowest BCUT2D eigenvalue weighted by molar-refractivity contribution is -0.118. The molecular weight excluding hydrogens is 266 g/mol. The lowest BCUT2D eigenvalue weighted by Gasteiger charge is -2.29. The van der Waals surface area contributed by atoms with Crippen molar-refractivity contribution in [3.63, 3.8) is 0 Å². The fraction of sp³-hybridized carbons (Fsp3) is 0.462. The van der Waals surface area contributed by atoms with Gasteiger partial charge in [-0.3, -0.25) is 4.79 Å². The summed E-state index contributed by atoms with van der Waals surface area (Å²) in [7, 11) is 0. The Bertz CT molecular complexity index is 403. The van der Waals surface area contributed by atoms with Gasteiger partial charge in [0.25, 0.3) is 0 Å². The van der Waals surface area contributed by atoms with Crippen molar-refractivity contribution < 1.29 is 4.79 Å². The van der Waals surface area contributed by atoms with E-state index < -0.39 is 0 Å². The van der Waals surface area contributed by atoms with Gasteiger partial charge in [0, 0.05) is 24.0 Å². The number of rotatable bonds is 2. The Hall–Kier alpha value is -0.830. The summed E-state index contributed by atoms with van der Waals surface area (Å²) in [5.41, 5.74) is 3.70. The highest BCUT2D eigenvalue weighted by Gasteiger charge is 2.21. The molecule has 0 saturated heterocycles. The molecule has 0 aromatic heterocycles. The summed E-state index contributed by atoms with van der Waals surface area (Å²) in [6, 6.07) is 6.36. The van der Waals surface area contributed by atoms with E-state index in [9.17, 15) is 4.79 Å². The van der Waals surface area contributed by atoms with Gasteiger partial charge in [0.2, 0.25) is 5.91 Å². The first-order valence-corrected chi connectivity index (χ1v) is 6.80. The van der Waals surface area contributed by atoms with E-state index in [1.54, 1.807) is 0 Å². The van der Waals surface area contributed by atoms with Crippen molar-refractivity contribution >= 4 is 27.5 Å². The van der Waals surface area contributed by atoms with Crippen LogP contribution in [0.3, 0.4) is 0 Å². The third kappa shape index (κ3) is 2.29. The van der Waals surface area contributed by atoms with Crippen molar-refractivity contribution in [1.82, 2.24) is 0 Å². The second-order valence-corrected chi connectivity index (χ2v) is 5.01. The Kier molecular flexibility index (Phi) is 3.64. The van der Waals surface area contributed by atoms with Crippen LogP contribution in [0.15, 0.2) is 18.2 Å². The number of carbonyl (C=O) groups is 1. The molecule has 1 aliphatic rings. The number of amides is 1. The first kappa shape index (κ1) is 11.6. The zero-order valence-electron chi connectivity index (χ0n) is 9.50. The second-order valence-electron chi connectivity index (χ2n) is 4.22. The maximum atomic E-state index is 11.9. The van der Waals surface area contributed by atoms with Crippen molar-refractivity contribution in [1.29, 1.82) is 0 Å². The molecule has 1 heterocycles. The summed E-state index contributed by atoms with van der Waals surface area (Å²) in [6.45, 7) is 2.96. The zero-order valence-corrected chi connectivity index (χ0v) is 11.1. The Labute approximate surface area is 105 Å². The van der Waals surface area contributed by atoms with E-state index in [0.29, 0.717) is 6.42 Å². The fourth-order valence-electron chi connectivity index (χ4n) is 2.20. The highest BCUT2D eigenvalue weighted by atomic mass is 79.9. The molecule has 86 valence electrons. The van der Waals surface area contributed by atoms with Crippen LogP contribution in [-0.4, -0.2) is 17.8 Å². The molecule has 2 nitrogen and oxygen atoms in total. The smallest absolute Gasteiger partial charge is 0.227 e. The van der Waals surface area contributed by atoms with E-state index in [1.807, 2.05) is 4.90 Å². The van der Waals surface area contributed by atoms with Gasteiger partial charge in [-0.05, 0) is 31.4 Å². The van der Waals surface area contributed by atoms with Gasteiger partial charge in [-0.1, -0.05) is 33.6 Å². The molecule has 0 spiro atoms. The van der Waals surface area contributed by atoms with Crippen molar-refractivity contribution in [2.24, 2.45) is 0 Å². The molecule has 0 N–H and O–H groups in total. The van der Waals surface area contributed by atoms with E-state index in [0.717, 1.165) is 30.4 Å². The van der Waals surface area contributed by atoms with E-state index in [4.69, 9.17) is 0 Å². The molecule has 0 saturated carbocycles. The van der Waals surface area contributed by atoms with Gasteiger partial charge in [-0.15, -0.1) is 0 Å². The van der Waals surface area contributed by atoms with Gasteiger partial charge in [0.05, 0.1) is 0 Å². The predicted octanol–water partition coefficient (Wildman–Crippen LogP) is 3.06. The summed E-state index contributed by atoms with van der Waals surface area (Å²) in [4.78, 5) is 13.9. The number of halogens is 1. The molecule has 0 unspecified atom stereocenters. The van der Waals surface area contributed by atoms with Crippen LogP contribution in [-0.2, 0) is 11.2 Å². The van der Waals surface area contributed by atoms with Gasteiger partial charge in [-0.25, -0.2) is 0 Å². The van der Waals surface area contributed by atoms with E-state index in [1.165, 1.54) is 11.1 Å². The second kappa shape index (κ2) is 5.00. The lowest BCUT2D eigenvalue weighted by atomic mass is 9.99. The van der Waals surface area contributed by atoms with Crippen LogP contribution >= 0.6 is 15.9 Å². The molecule has 16 heavy (non-hydrogen) atoms. The number of hydrogen-bond donors (Lipinski definition) is 0. The summed E-state index contributed by atoms with van der Waals surface area (Å²) in [5, 5.41) is 0.740. The highest BCUT2D eigenvalue weighted by molar-refractivity contribution is 9.09. The van der Waals surface area contributed by atoms with E-state index >= 15 is 0 Å². The van der Waals surface area contributed by atoms with Crippen molar-refractivity contribution in [2.45, 2.75) is 26.2 Å². The standard InChI is InChI=1S/C13H16BrNO/c1-10-4-5-12-11(9-10)3-2-8-15(12)13(16)6-7-14/h4-5,9H,2-3,6-8H2,1H3. The van der Waals surface area contributed by atoms with Crippen LogP contribution in [0.2, 0.25) is 0 Å². The van der Waals surface area contributed by atoms with Gasteiger partial charge in [0.15, 0.2) is 0 Å². The normalized spacial score (nSPS) is 14.8. The molecule has 0 atom stereocenters. The quantitative estimate of drug-likeness (QED) is 0.763. The van der Waals surface area contributed by atoms with Crippen molar-refractivity contribution in [3.8, 4) is 0 Å². The highest BCUT2D eigenvalue weighted by Crippen LogP contribution is 2.28. The number of fused-ring (bicyclic) bond motifs is 1. The molecule has 0 bridgehead atoms. The molecule has 0 radical (unpaired) electrons. The average molecular weight is 282 g/mol. The molecule has 1 aromatic rings. The van der Waals surface area contributed by atoms with Crippen LogP contribution in [0, 0.1) is 6.92 Å². The Morgan fingerprint density at radius 3 is 3.06 bits per heavy atom. The number of alkyl halides is 1. The Balaban J connectivity index is 2.29. The number of hydrogen-bond acceptors (Lipinski definition) is 1. The Morgan fingerprint density at radius 2 is 2.31 bits per heavy atom. The van der Waals surface area contributed by atoms with Crippen molar-refractivity contribution in [2.75, 3.05) is 16.8 Å². The molecule has 1 aliphatic heterocycles. The van der Waals surface area contributed by atoms with Gasteiger partial charge < -0.3 is 4.90 Å². The summed E-state index contributed by atoms with van der Waals surface area (Å²) in [6.07, 6.45) is 2.74. The Morgan fingerprint density at radius 1 is 1.50 bits per heavy atom. The average Bonchev–Trinajstić information content (AvgIpc) is 2.28. The maximum absolute atomic E-state index is 11.9. The first-order valence-electron chi connectivity index (χ1n) is 5.68. The minimum atomic E-state index is 0.224. The predicted molar refractivity (Wildman–Crippen MR) is 70.3 cm³/mol. The topological polar surface area (TPSA) is 20.3 Å². The number of benzene rings is 1. The monoisotopic (exact) mass is 281 g/mol. The third-order valence-electron chi connectivity index (χ3n) is 2.96. The minimum absolute atomic E-state index is 0.224. The molecule has 3 heteroatoms. The molecule has 2 rings (SSSR count). The van der Waals surface area contributed by atoms with Crippen LogP contribution in [0.1, 0.15) is 24.0 Å². The third-order valence-corrected chi connectivity index (χ3v) is 3.36.